The monoisotopic (exact) mass is 275 g/mol. The summed E-state index contributed by atoms with van der Waals surface area (Å²) in [5.41, 5.74) is 0.931. The number of anilines is 1. The summed E-state index contributed by atoms with van der Waals surface area (Å²) in [4.78, 5) is 25.6. The van der Waals surface area contributed by atoms with Gasteiger partial charge >= 0.3 is 0 Å². The molecule has 0 radical (unpaired) electrons. The van der Waals surface area contributed by atoms with Crippen LogP contribution in [0.15, 0.2) is 30.3 Å². The lowest BCUT2D eigenvalue weighted by atomic mass is 9.97. The van der Waals surface area contributed by atoms with Crippen LogP contribution in [-0.2, 0) is 9.59 Å². The molecule has 1 fully saturated rings. The summed E-state index contributed by atoms with van der Waals surface area (Å²) in [6.07, 6.45) is 1.74. The second-order valence-corrected chi connectivity index (χ2v) is 5.01. The Balaban J connectivity index is 1.84. The lowest BCUT2D eigenvalue weighted by molar-refractivity contribution is -0.134. The third kappa shape index (κ3) is 3.73. The van der Waals surface area contributed by atoms with E-state index in [1.54, 1.807) is 11.9 Å². The molecule has 1 aromatic rings. The number of carbonyl (C=O) groups is 2. The molecule has 1 aromatic carbocycles. The average Bonchev–Trinajstić information content (AvgIpc) is 2.53. The second kappa shape index (κ2) is 6.93. The molecular weight excluding hydrogens is 254 g/mol. The molecule has 1 heterocycles. The summed E-state index contributed by atoms with van der Waals surface area (Å²) in [6, 6.07) is 9.64. The lowest BCUT2D eigenvalue weighted by Crippen LogP contribution is -2.46. The van der Waals surface area contributed by atoms with Crippen molar-refractivity contribution in [2.24, 2.45) is 5.92 Å². The minimum absolute atomic E-state index is 0.0264. The summed E-state index contributed by atoms with van der Waals surface area (Å²) in [6.45, 7) is 1.53. The number of nitrogens with one attached hydrogen (secondary N) is 2. The highest BCUT2D eigenvalue weighted by atomic mass is 16.2. The van der Waals surface area contributed by atoms with E-state index in [1.807, 2.05) is 30.3 Å². The fraction of sp³-hybridized carbons (Fsp3) is 0.467. The summed E-state index contributed by atoms with van der Waals surface area (Å²) in [5.74, 6) is -0.00426. The molecule has 5 heteroatoms. The number of benzene rings is 1. The van der Waals surface area contributed by atoms with Gasteiger partial charge in [0.1, 0.15) is 0 Å². The Labute approximate surface area is 119 Å². The average molecular weight is 275 g/mol. The van der Waals surface area contributed by atoms with Crippen molar-refractivity contribution in [1.29, 1.82) is 0 Å². The van der Waals surface area contributed by atoms with Gasteiger partial charge in [0.15, 0.2) is 0 Å². The summed E-state index contributed by atoms with van der Waals surface area (Å²) in [5, 5.41) is 5.77. The van der Waals surface area contributed by atoms with Crippen LogP contribution >= 0.6 is 0 Å². The Bertz CT molecular complexity index is 461. The predicted octanol–water partition coefficient (Wildman–Crippen LogP) is 1.08. The van der Waals surface area contributed by atoms with Crippen molar-refractivity contribution in [2.45, 2.75) is 12.8 Å². The van der Waals surface area contributed by atoms with Crippen molar-refractivity contribution >= 4 is 17.5 Å². The third-order valence-electron chi connectivity index (χ3n) is 3.61. The SMILES string of the molecule is CNC(=O)C1CCCN(C(=O)CNc2ccccc2)C1. The highest BCUT2D eigenvalue weighted by molar-refractivity contribution is 5.83. The molecule has 20 heavy (non-hydrogen) atoms. The number of hydrogen-bond acceptors (Lipinski definition) is 3. The zero-order chi connectivity index (χ0) is 14.4. The number of rotatable bonds is 4. The van der Waals surface area contributed by atoms with Crippen molar-refractivity contribution < 1.29 is 9.59 Å². The van der Waals surface area contributed by atoms with Crippen LogP contribution in [0.4, 0.5) is 5.69 Å². The molecule has 1 aliphatic rings. The van der Waals surface area contributed by atoms with Crippen LogP contribution in [0.2, 0.25) is 0 Å². The molecule has 0 aliphatic carbocycles. The van der Waals surface area contributed by atoms with E-state index in [2.05, 4.69) is 10.6 Å². The third-order valence-corrected chi connectivity index (χ3v) is 3.61. The first-order valence-electron chi connectivity index (χ1n) is 6.99. The molecule has 1 aliphatic heterocycles. The fourth-order valence-corrected chi connectivity index (χ4v) is 2.47. The van der Waals surface area contributed by atoms with E-state index in [9.17, 15) is 9.59 Å². The Morgan fingerprint density at radius 3 is 2.75 bits per heavy atom. The van der Waals surface area contributed by atoms with Gasteiger partial charge in [-0.2, -0.15) is 0 Å². The summed E-state index contributed by atoms with van der Waals surface area (Å²) < 4.78 is 0. The lowest BCUT2D eigenvalue weighted by Gasteiger charge is -2.32. The van der Waals surface area contributed by atoms with Crippen LogP contribution in [0.1, 0.15) is 12.8 Å². The molecule has 108 valence electrons. The van der Waals surface area contributed by atoms with Crippen LogP contribution in [-0.4, -0.2) is 43.4 Å². The van der Waals surface area contributed by atoms with Crippen LogP contribution in [0, 0.1) is 5.92 Å². The van der Waals surface area contributed by atoms with Gasteiger partial charge in [-0.25, -0.2) is 0 Å². The van der Waals surface area contributed by atoms with E-state index in [4.69, 9.17) is 0 Å². The van der Waals surface area contributed by atoms with Crippen molar-refractivity contribution in [3.8, 4) is 0 Å². The van der Waals surface area contributed by atoms with Crippen molar-refractivity contribution in [2.75, 3.05) is 32.0 Å². The Morgan fingerprint density at radius 1 is 1.30 bits per heavy atom. The minimum Gasteiger partial charge on any atom is -0.376 e. The molecular formula is C15H21N3O2. The minimum atomic E-state index is -0.0746. The smallest absolute Gasteiger partial charge is 0.241 e. The molecule has 0 saturated carbocycles. The Morgan fingerprint density at radius 2 is 2.05 bits per heavy atom. The summed E-state index contributed by atoms with van der Waals surface area (Å²) >= 11 is 0. The van der Waals surface area contributed by atoms with Crippen LogP contribution in [0.5, 0.6) is 0 Å². The maximum Gasteiger partial charge on any atom is 0.241 e. The number of para-hydroxylation sites is 1. The molecule has 0 bridgehead atoms. The quantitative estimate of drug-likeness (QED) is 0.864. The first-order chi connectivity index (χ1) is 9.70. The van der Waals surface area contributed by atoms with Crippen LogP contribution in [0.3, 0.4) is 0 Å². The molecule has 1 saturated heterocycles. The van der Waals surface area contributed by atoms with E-state index in [1.165, 1.54) is 0 Å². The number of amides is 2. The maximum atomic E-state index is 12.2. The number of nitrogens with zero attached hydrogens (tertiary/aromatic N) is 1. The van der Waals surface area contributed by atoms with E-state index < -0.39 is 0 Å². The fourth-order valence-electron chi connectivity index (χ4n) is 2.47. The van der Waals surface area contributed by atoms with Crippen LogP contribution < -0.4 is 10.6 Å². The Kier molecular flexibility index (Phi) is 4.98. The molecule has 1 unspecified atom stereocenters. The maximum absolute atomic E-state index is 12.2. The largest absolute Gasteiger partial charge is 0.376 e. The molecule has 1 atom stereocenters. The van der Waals surface area contributed by atoms with Gasteiger partial charge in [-0.3, -0.25) is 9.59 Å². The number of piperidine rings is 1. The number of hydrogen-bond donors (Lipinski definition) is 2. The molecule has 0 aromatic heterocycles. The topological polar surface area (TPSA) is 61.4 Å². The molecule has 0 spiro atoms. The molecule has 2 amide bonds. The molecule has 2 rings (SSSR count). The van der Waals surface area contributed by atoms with Crippen molar-refractivity contribution in [3.63, 3.8) is 0 Å². The van der Waals surface area contributed by atoms with Gasteiger partial charge in [0.2, 0.25) is 11.8 Å². The normalized spacial score (nSPS) is 18.4. The van der Waals surface area contributed by atoms with Gasteiger partial charge in [0.05, 0.1) is 12.5 Å². The van der Waals surface area contributed by atoms with Crippen molar-refractivity contribution in [3.05, 3.63) is 30.3 Å². The van der Waals surface area contributed by atoms with Gasteiger partial charge < -0.3 is 15.5 Å². The van der Waals surface area contributed by atoms with E-state index >= 15 is 0 Å². The highest BCUT2D eigenvalue weighted by Gasteiger charge is 2.27. The van der Waals surface area contributed by atoms with Gasteiger partial charge in [0.25, 0.3) is 0 Å². The van der Waals surface area contributed by atoms with Gasteiger partial charge in [-0.05, 0) is 25.0 Å². The van der Waals surface area contributed by atoms with E-state index in [0.717, 1.165) is 25.1 Å². The van der Waals surface area contributed by atoms with E-state index in [0.29, 0.717) is 6.54 Å². The Hall–Kier alpha value is -2.04. The van der Waals surface area contributed by atoms with Crippen molar-refractivity contribution in [1.82, 2.24) is 10.2 Å². The molecule has 5 nitrogen and oxygen atoms in total. The van der Waals surface area contributed by atoms with Gasteiger partial charge in [-0.1, -0.05) is 18.2 Å². The number of carbonyl (C=O) groups excluding carboxylic acids is 2. The second-order valence-electron chi connectivity index (χ2n) is 5.01. The highest BCUT2D eigenvalue weighted by Crippen LogP contribution is 2.16. The first-order valence-corrected chi connectivity index (χ1v) is 6.99. The standard InChI is InChI=1S/C15H21N3O2/c1-16-15(20)12-6-5-9-18(11-12)14(19)10-17-13-7-3-2-4-8-13/h2-4,7-8,12,17H,5-6,9-11H2,1H3,(H,16,20). The predicted molar refractivity (Wildman–Crippen MR) is 78.3 cm³/mol. The van der Waals surface area contributed by atoms with E-state index in [-0.39, 0.29) is 24.3 Å². The number of likely N-dealkylation sites (tertiary alicyclic amines) is 1. The van der Waals surface area contributed by atoms with Crippen LogP contribution in [0.25, 0.3) is 0 Å². The first kappa shape index (κ1) is 14.4. The zero-order valence-electron chi connectivity index (χ0n) is 11.8. The molecule has 2 N–H and O–H groups in total. The van der Waals surface area contributed by atoms with Gasteiger partial charge in [-0.15, -0.1) is 0 Å². The summed E-state index contributed by atoms with van der Waals surface area (Å²) in [7, 11) is 1.64. The van der Waals surface area contributed by atoms with Gasteiger partial charge in [0, 0.05) is 25.8 Å². The zero-order valence-corrected chi connectivity index (χ0v) is 11.8.